The molecule has 0 aliphatic heterocycles. The predicted octanol–water partition coefficient (Wildman–Crippen LogP) is 5.61. The van der Waals surface area contributed by atoms with Crippen molar-refractivity contribution in [2.75, 3.05) is 0 Å². The lowest BCUT2D eigenvalue weighted by Gasteiger charge is -2.02. The van der Waals surface area contributed by atoms with Crippen molar-refractivity contribution < 1.29 is 9.15 Å². The molecule has 160 valence electrons. The minimum absolute atomic E-state index is 0.165. The van der Waals surface area contributed by atoms with E-state index in [2.05, 4.69) is 26.0 Å². The number of benzene rings is 2. The maximum atomic E-state index is 12.7. The molecule has 0 unspecified atom stereocenters. The summed E-state index contributed by atoms with van der Waals surface area (Å²) < 4.78 is 14.2. The number of aromatic nitrogens is 3. The van der Waals surface area contributed by atoms with E-state index in [0.717, 1.165) is 10.0 Å². The highest BCUT2D eigenvalue weighted by molar-refractivity contribution is 9.10. The van der Waals surface area contributed by atoms with E-state index in [4.69, 9.17) is 32.4 Å². The van der Waals surface area contributed by atoms with Crippen LogP contribution in [0.4, 0.5) is 0 Å². The summed E-state index contributed by atoms with van der Waals surface area (Å²) in [5, 5.41) is 5.30. The molecule has 32 heavy (non-hydrogen) atoms. The van der Waals surface area contributed by atoms with Crippen LogP contribution in [0.25, 0.3) is 22.4 Å². The second-order valence-electron chi connectivity index (χ2n) is 6.74. The van der Waals surface area contributed by atoms with Crippen molar-refractivity contribution in [1.82, 2.24) is 14.6 Å². The van der Waals surface area contributed by atoms with Gasteiger partial charge in [0.25, 0.3) is 5.56 Å². The quantitative estimate of drug-likeness (QED) is 0.285. The molecular weight excluding hydrogens is 537 g/mol. The monoisotopic (exact) mass is 547 g/mol. The SMILES string of the molecule is O=c1c(=Cc2ccc(-c3cc(Cl)cc(Cl)c3)o2)sc2nc(COc3ccc(Br)cc3)nn12. The Morgan fingerprint density at radius 3 is 2.56 bits per heavy atom. The van der Waals surface area contributed by atoms with Gasteiger partial charge < -0.3 is 9.15 Å². The first-order valence-corrected chi connectivity index (χ1v) is 11.7. The molecule has 0 atom stereocenters. The average Bonchev–Trinajstić information content (AvgIpc) is 3.45. The number of halogens is 3. The number of hydrogen-bond acceptors (Lipinski definition) is 6. The minimum Gasteiger partial charge on any atom is -0.486 e. The van der Waals surface area contributed by atoms with Crippen molar-refractivity contribution in [2.45, 2.75) is 6.61 Å². The van der Waals surface area contributed by atoms with Gasteiger partial charge in [0.15, 0.2) is 5.82 Å². The fraction of sp³-hybridized carbons (Fsp3) is 0.0455. The molecule has 3 aromatic heterocycles. The zero-order valence-corrected chi connectivity index (χ0v) is 20.0. The van der Waals surface area contributed by atoms with Crippen LogP contribution in [0.2, 0.25) is 10.0 Å². The fourth-order valence-electron chi connectivity index (χ4n) is 3.02. The zero-order valence-electron chi connectivity index (χ0n) is 16.1. The summed E-state index contributed by atoms with van der Waals surface area (Å²) in [6.45, 7) is 0.165. The van der Waals surface area contributed by atoms with E-state index >= 15 is 0 Å². The van der Waals surface area contributed by atoms with Gasteiger partial charge in [0, 0.05) is 26.2 Å². The first kappa shape index (κ1) is 21.2. The van der Waals surface area contributed by atoms with Crippen molar-refractivity contribution in [2.24, 2.45) is 0 Å². The number of ether oxygens (including phenoxy) is 1. The Kier molecular flexibility index (Phi) is 5.77. The first-order valence-electron chi connectivity index (χ1n) is 9.29. The summed E-state index contributed by atoms with van der Waals surface area (Å²) in [6.07, 6.45) is 1.66. The molecule has 0 aliphatic rings. The van der Waals surface area contributed by atoms with Crippen LogP contribution in [-0.2, 0) is 6.61 Å². The lowest BCUT2D eigenvalue weighted by atomic mass is 10.2. The molecule has 10 heteroatoms. The lowest BCUT2D eigenvalue weighted by molar-refractivity contribution is 0.296. The number of hydrogen-bond donors (Lipinski definition) is 0. The molecule has 0 aliphatic carbocycles. The second kappa shape index (κ2) is 8.71. The largest absolute Gasteiger partial charge is 0.486 e. The number of nitrogens with zero attached hydrogens (tertiary/aromatic N) is 3. The van der Waals surface area contributed by atoms with Crippen LogP contribution in [0.5, 0.6) is 5.75 Å². The van der Waals surface area contributed by atoms with Crippen molar-refractivity contribution in [3.8, 4) is 17.1 Å². The summed E-state index contributed by atoms with van der Waals surface area (Å²) in [4.78, 5) is 17.6. The number of furan rings is 1. The summed E-state index contributed by atoms with van der Waals surface area (Å²) in [5.41, 5.74) is 0.485. The van der Waals surface area contributed by atoms with Gasteiger partial charge in [-0.25, -0.2) is 0 Å². The van der Waals surface area contributed by atoms with Crippen molar-refractivity contribution in [3.63, 3.8) is 0 Å². The summed E-state index contributed by atoms with van der Waals surface area (Å²) >= 11 is 16.7. The molecular formula is C22H12BrCl2N3O3S. The molecule has 6 nitrogen and oxygen atoms in total. The van der Waals surface area contributed by atoms with E-state index < -0.39 is 0 Å². The highest BCUT2D eigenvalue weighted by atomic mass is 79.9. The summed E-state index contributed by atoms with van der Waals surface area (Å²) in [6, 6.07) is 16.2. The Morgan fingerprint density at radius 1 is 1.09 bits per heavy atom. The molecule has 5 rings (SSSR count). The molecule has 0 N–H and O–H groups in total. The van der Waals surface area contributed by atoms with Crippen molar-refractivity contribution >= 4 is 61.5 Å². The Labute approximate surface area is 203 Å². The topological polar surface area (TPSA) is 69.6 Å². The molecule has 0 saturated carbocycles. The minimum atomic E-state index is -0.267. The molecule has 0 amide bonds. The molecule has 0 fully saturated rings. The van der Waals surface area contributed by atoms with Crippen molar-refractivity contribution in [1.29, 1.82) is 0 Å². The zero-order chi connectivity index (χ0) is 22.2. The average molecular weight is 549 g/mol. The summed E-state index contributed by atoms with van der Waals surface area (Å²) in [5.74, 6) is 2.25. The smallest absolute Gasteiger partial charge is 0.291 e. The molecule has 0 radical (unpaired) electrons. The molecule has 0 bridgehead atoms. The standard InChI is InChI=1S/C22H12BrCl2N3O3S/c23-13-1-3-16(4-2-13)30-11-20-26-22-28(27-20)21(29)19(32-22)10-17-5-6-18(31-17)12-7-14(24)9-15(25)8-12/h1-10H,11H2. The van der Waals surface area contributed by atoms with Gasteiger partial charge in [-0.3, -0.25) is 4.79 Å². The fourth-order valence-corrected chi connectivity index (χ4v) is 4.72. The van der Waals surface area contributed by atoms with E-state index in [1.165, 1.54) is 15.9 Å². The molecule has 2 aromatic carbocycles. The summed E-state index contributed by atoms with van der Waals surface area (Å²) in [7, 11) is 0. The number of rotatable bonds is 5. The van der Waals surface area contributed by atoms with Crippen LogP contribution in [0.15, 0.2) is 68.3 Å². The lowest BCUT2D eigenvalue weighted by Crippen LogP contribution is -2.23. The van der Waals surface area contributed by atoms with E-state index in [0.29, 0.717) is 42.6 Å². The van der Waals surface area contributed by atoms with Crippen molar-refractivity contribution in [3.05, 3.63) is 95.6 Å². The third-order valence-electron chi connectivity index (χ3n) is 4.45. The molecule has 3 heterocycles. The van der Waals surface area contributed by atoms with Crippen LogP contribution in [0, 0.1) is 0 Å². The van der Waals surface area contributed by atoms with E-state index in [1.54, 1.807) is 36.4 Å². The van der Waals surface area contributed by atoms with Gasteiger partial charge in [0.1, 0.15) is 28.4 Å². The number of fused-ring (bicyclic) bond motifs is 1. The Hall–Kier alpha value is -2.65. The maximum absolute atomic E-state index is 12.7. The van der Waals surface area contributed by atoms with Crippen LogP contribution in [0.1, 0.15) is 11.6 Å². The van der Waals surface area contributed by atoms with E-state index in [-0.39, 0.29) is 12.2 Å². The van der Waals surface area contributed by atoms with Gasteiger partial charge in [-0.15, -0.1) is 5.10 Å². The third-order valence-corrected chi connectivity index (χ3v) is 6.38. The van der Waals surface area contributed by atoms with E-state index in [1.807, 2.05) is 24.3 Å². The van der Waals surface area contributed by atoms with Crippen LogP contribution in [-0.4, -0.2) is 14.6 Å². The first-order chi connectivity index (χ1) is 15.4. The predicted molar refractivity (Wildman–Crippen MR) is 129 cm³/mol. The molecule has 5 aromatic rings. The molecule has 0 saturated heterocycles. The highest BCUT2D eigenvalue weighted by Gasteiger charge is 2.12. The second-order valence-corrected chi connectivity index (χ2v) is 9.54. The van der Waals surface area contributed by atoms with Gasteiger partial charge in [-0.2, -0.15) is 9.50 Å². The van der Waals surface area contributed by atoms with Crippen LogP contribution in [0.3, 0.4) is 0 Å². The highest BCUT2D eigenvalue weighted by Crippen LogP contribution is 2.28. The van der Waals surface area contributed by atoms with Crippen LogP contribution < -0.4 is 14.8 Å². The number of thiazole rings is 1. The van der Waals surface area contributed by atoms with Gasteiger partial charge in [0.05, 0.1) is 0 Å². The third kappa shape index (κ3) is 4.45. The normalized spacial score (nSPS) is 12.0. The molecule has 0 spiro atoms. The van der Waals surface area contributed by atoms with Crippen LogP contribution >= 0.6 is 50.5 Å². The Balaban J connectivity index is 1.38. The van der Waals surface area contributed by atoms with Gasteiger partial charge >= 0.3 is 0 Å². The van der Waals surface area contributed by atoms with E-state index in [9.17, 15) is 4.79 Å². The Morgan fingerprint density at radius 2 is 1.84 bits per heavy atom. The van der Waals surface area contributed by atoms with Gasteiger partial charge in [-0.1, -0.05) is 50.5 Å². The maximum Gasteiger partial charge on any atom is 0.291 e. The van der Waals surface area contributed by atoms with Gasteiger partial charge in [0.2, 0.25) is 4.96 Å². The van der Waals surface area contributed by atoms with Gasteiger partial charge in [-0.05, 0) is 54.6 Å². The Bertz CT molecular complexity index is 1520.